The van der Waals surface area contributed by atoms with Crippen molar-refractivity contribution >= 4 is 17.7 Å². The zero-order valence-electron chi connectivity index (χ0n) is 14.9. The Hall–Kier alpha value is -2.70. The molecule has 26 heavy (non-hydrogen) atoms. The van der Waals surface area contributed by atoms with Gasteiger partial charge in [0.1, 0.15) is 5.82 Å². The Bertz CT molecular complexity index is 717. The summed E-state index contributed by atoms with van der Waals surface area (Å²) in [6.45, 7) is 4.81. The first-order chi connectivity index (χ1) is 12.8. The summed E-state index contributed by atoms with van der Waals surface area (Å²) in [7, 11) is 0. The van der Waals surface area contributed by atoms with Crippen molar-refractivity contribution in [3.05, 3.63) is 42.9 Å². The summed E-state index contributed by atoms with van der Waals surface area (Å²) in [6.07, 6.45) is 7.27. The van der Waals surface area contributed by atoms with E-state index in [1.807, 2.05) is 35.4 Å². The number of piperazine rings is 1. The van der Waals surface area contributed by atoms with Gasteiger partial charge in [0.15, 0.2) is 0 Å². The van der Waals surface area contributed by atoms with Crippen LogP contribution in [0.1, 0.15) is 12.8 Å². The second kappa shape index (κ2) is 7.68. The van der Waals surface area contributed by atoms with Crippen LogP contribution in [-0.4, -0.2) is 65.0 Å². The SMILES string of the molecule is O=C(C1CCCN(c2ncccn2)C1)N1CCN(c2ccccn2)CC1. The molecule has 4 heterocycles. The molecule has 0 aromatic carbocycles. The number of anilines is 2. The number of carbonyl (C=O) groups is 1. The van der Waals surface area contributed by atoms with E-state index >= 15 is 0 Å². The van der Waals surface area contributed by atoms with E-state index in [4.69, 9.17) is 0 Å². The first-order valence-corrected chi connectivity index (χ1v) is 9.28. The van der Waals surface area contributed by atoms with Crippen LogP contribution in [-0.2, 0) is 4.79 Å². The van der Waals surface area contributed by atoms with Gasteiger partial charge in [0, 0.05) is 57.9 Å². The Morgan fingerprint density at radius 2 is 1.65 bits per heavy atom. The molecule has 0 aliphatic carbocycles. The van der Waals surface area contributed by atoms with Gasteiger partial charge in [-0.15, -0.1) is 0 Å². The van der Waals surface area contributed by atoms with Gasteiger partial charge in [0.25, 0.3) is 0 Å². The molecule has 2 saturated heterocycles. The highest BCUT2D eigenvalue weighted by Gasteiger charge is 2.31. The maximum Gasteiger partial charge on any atom is 0.227 e. The third-order valence-corrected chi connectivity index (χ3v) is 5.17. The molecule has 1 unspecified atom stereocenters. The van der Waals surface area contributed by atoms with Gasteiger partial charge in [-0.05, 0) is 31.0 Å². The number of aromatic nitrogens is 3. The van der Waals surface area contributed by atoms with Gasteiger partial charge in [-0.1, -0.05) is 6.07 Å². The minimum atomic E-state index is 0.0361. The van der Waals surface area contributed by atoms with Gasteiger partial charge in [0.2, 0.25) is 11.9 Å². The highest BCUT2D eigenvalue weighted by molar-refractivity contribution is 5.80. The Labute approximate surface area is 153 Å². The van der Waals surface area contributed by atoms with Gasteiger partial charge in [0.05, 0.1) is 5.92 Å². The lowest BCUT2D eigenvalue weighted by Crippen LogP contribution is -2.53. The van der Waals surface area contributed by atoms with E-state index < -0.39 is 0 Å². The summed E-state index contributed by atoms with van der Waals surface area (Å²) in [5, 5.41) is 0. The summed E-state index contributed by atoms with van der Waals surface area (Å²) < 4.78 is 0. The normalized spacial score (nSPS) is 20.9. The average molecular weight is 352 g/mol. The molecule has 0 spiro atoms. The van der Waals surface area contributed by atoms with Crippen molar-refractivity contribution in [3.63, 3.8) is 0 Å². The predicted octanol–water partition coefficient (Wildman–Crippen LogP) is 1.44. The van der Waals surface area contributed by atoms with E-state index in [2.05, 4.69) is 24.8 Å². The number of piperidine rings is 1. The molecule has 0 bridgehead atoms. The molecule has 2 aliphatic heterocycles. The van der Waals surface area contributed by atoms with Crippen LogP contribution in [0, 0.1) is 5.92 Å². The predicted molar refractivity (Wildman–Crippen MR) is 100.0 cm³/mol. The monoisotopic (exact) mass is 352 g/mol. The van der Waals surface area contributed by atoms with Gasteiger partial charge in [-0.25, -0.2) is 15.0 Å². The smallest absolute Gasteiger partial charge is 0.227 e. The van der Waals surface area contributed by atoms with Gasteiger partial charge < -0.3 is 14.7 Å². The van der Waals surface area contributed by atoms with Gasteiger partial charge in [-0.2, -0.15) is 0 Å². The summed E-state index contributed by atoms with van der Waals surface area (Å²) in [5.41, 5.74) is 0. The molecule has 0 N–H and O–H groups in total. The minimum Gasteiger partial charge on any atom is -0.353 e. The molecule has 0 saturated carbocycles. The molecule has 2 aromatic rings. The summed E-state index contributed by atoms with van der Waals surface area (Å²) in [5.74, 6) is 2.02. The van der Waals surface area contributed by atoms with Crippen LogP contribution < -0.4 is 9.80 Å². The number of carbonyl (C=O) groups excluding carboxylic acids is 1. The van der Waals surface area contributed by atoms with Crippen LogP contribution in [0.3, 0.4) is 0 Å². The van der Waals surface area contributed by atoms with Crippen LogP contribution in [0.5, 0.6) is 0 Å². The maximum absolute atomic E-state index is 13.0. The molecule has 0 radical (unpaired) electrons. The summed E-state index contributed by atoms with van der Waals surface area (Å²) in [6, 6.07) is 7.77. The van der Waals surface area contributed by atoms with Crippen LogP contribution in [0.2, 0.25) is 0 Å². The summed E-state index contributed by atoms with van der Waals surface area (Å²) in [4.78, 5) is 32.5. The van der Waals surface area contributed by atoms with Crippen molar-refractivity contribution in [1.82, 2.24) is 19.9 Å². The first-order valence-electron chi connectivity index (χ1n) is 9.28. The first kappa shape index (κ1) is 16.8. The molecule has 7 nitrogen and oxygen atoms in total. The fourth-order valence-electron chi connectivity index (χ4n) is 3.77. The molecular weight excluding hydrogens is 328 g/mol. The fraction of sp³-hybridized carbons (Fsp3) is 0.474. The molecule has 4 rings (SSSR count). The van der Waals surface area contributed by atoms with Crippen molar-refractivity contribution < 1.29 is 4.79 Å². The third kappa shape index (κ3) is 3.61. The lowest BCUT2D eigenvalue weighted by Gasteiger charge is -2.39. The van der Waals surface area contributed by atoms with E-state index in [0.29, 0.717) is 6.54 Å². The van der Waals surface area contributed by atoms with Crippen molar-refractivity contribution in [2.45, 2.75) is 12.8 Å². The Kier molecular flexibility index (Phi) is 4.95. The minimum absolute atomic E-state index is 0.0361. The summed E-state index contributed by atoms with van der Waals surface area (Å²) >= 11 is 0. The van der Waals surface area contributed by atoms with Crippen LogP contribution in [0.25, 0.3) is 0 Å². The molecule has 1 atom stereocenters. The van der Waals surface area contributed by atoms with Gasteiger partial charge in [-0.3, -0.25) is 4.79 Å². The molecule has 1 amide bonds. The van der Waals surface area contributed by atoms with E-state index in [0.717, 1.165) is 57.3 Å². The lowest BCUT2D eigenvalue weighted by molar-refractivity contribution is -0.136. The number of hydrogen-bond donors (Lipinski definition) is 0. The van der Waals surface area contributed by atoms with Crippen LogP contribution in [0.4, 0.5) is 11.8 Å². The average Bonchev–Trinajstić information content (AvgIpc) is 2.75. The number of amides is 1. The number of hydrogen-bond acceptors (Lipinski definition) is 6. The highest BCUT2D eigenvalue weighted by Crippen LogP contribution is 2.23. The van der Waals surface area contributed by atoms with Crippen molar-refractivity contribution in [2.24, 2.45) is 5.92 Å². The Balaban J connectivity index is 1.35. The number of rotatable bonds is 3. The van der Waals surface area contributed by atoms with E-state index in [9.17, 15) is 4.79 Å². The molecule has 2 aliphatic rings. The quantitative estimate of drug-likeness (QED) is 0.833. The lowest BCUT2D eigenvalue weighted by atomic mass is 9.96. The Morgan fingerprint density at radius 1 is 0.885 bits per heavy atom. The molecule has 2 fully saturated rings. The zero-order valence-corrected chi connectivity index (χ0v) is 14.9. The Morgan fingerprint density at radius 3 is 2.38 bits per heavy atom. The second-order valence-electron chi connectivity index (χ2n) is 6.83. The van der Waals surface area contributed by atoms with Crippen LogP contribution >= 0.6 is 0 Å². The maximum atomic E-state index is 13.0. The fourth-order valence-corrected chi connectivity index (χ4v) is 3.77. The van der Waals surface area contributed by atoms with Crippen molar-refractivity contribution in [2.75, 3.05) is 49.1 Å². The topological polar surface area (TPSA) is 65.5 Å². The van der Waals surface area contributed by atoms with E-state index in [1.165, 1.54) is 0 Å². The second-order valence-corrected chi connectivity index (χ2v) is 6.83. The van der Waals surface area contributed by atoms with E-state index in [-0.39, 0.29) is 11.8 Å². The third-order valence-electron chi connectivity index (χ3n) is 5.17. The number of nitrogens with zero attached hydrogens (tertiary/aromatic N) is 6. The van der Waals surface area contributed by atoms with Crippen molar-refractivity contribution in [3.8, 4) is 0 Å². The van der Waals surface area contributed by atoms with E-state index in [1.54, 1.807) is 12.4 Å². The largest absolute Gasteiger partial charge is 0.353 e. The van der Waals surface area contributed by atoms with Crippen LogP contribution in [0.15, 0.2) is 42.9 Å². The molecule has 2 aromatic heterocycles. The van der Waals surface area contributed by atoms with Crippen molar-refractivity contribution in [1.29, 1.82) is 0 Å². The molecule has 7 heteroatoms. The van der Waals surface area contributed by atoms with Gasteiger partial charge >= 0.3 is 0 Å². The molecule has 136 valence electrons. The molecular formula is C19H24N6O. The number of pyridine rings is 1. The highest BCUT2D eigenvalue weighted by atomic mass is 16.2. The standard InChI is InChI=1S/C19H24N6O/c26-18(16-5-3-10-25(15-16)19-21-8-4-9-22-19)24-13-11-23(12-14-24)17-6-1-2-7-20-17/h1-2,4,6-9,16H,3,5,10-15H2. The zero-order chi connectivity index (χ0) is 17.8.